The van der Waals surface area contributed by atoms with Crippen LogP contribution in [-0.2, 0) is 47.4 Å². The molecule has 1 N–H and O–H groups in total. The molecule has 248 valence electrons. The molecule has 2 fully saturated rings. The van der Waals surface area contributed by atoms with E-state index in [9.17, 15) is 5.11 Å². The van der Waals surface area contributed by atoms with E-state index in [1.54, 1.807) is 42.5 Å². The van der Waals surface area contributed by atoms with Crippen molar-refractivity contribution in [2.75, 3.05) is 66.1 Å². The topological polar surface area (TPSA) is 113 Å². The molecule has 0 radical (unpaired) electrons. The van der Waals surface area contributed by atoms with Crippen LogP contribution in [0.4, 0.5) is 0 Å². The summed E-state index contributed by atoms with van der Waals surface area (Å²) in [5.74, 6) is -1.62. The van der Waals surface area contributed by atoms with Crippen LogP contribution in [0.2, 0.25) is 0 Å². The molecule has 2 rings (SSSR count). The molecule has 0 aromatic rings. The molecule has 0 saturated carbocycles. The van der Waals surface area contributed by atoms with Gasteiger partial charge in [-0.15, -0.1) is 46.1 Å². The van der Waals surface area contributed by atoms with Crippen molar-refractivity contribution in [3.63, 3.8) is 0 Å². The molecule has 2 aliphatic heterocycles. The highest BCUT2D eigenvalue weighted by molar-refractivity contribution is 5.02. The molecular formula is C33H50O11. The Kier molecular flexibility index (Phi) is 18.5. The Balaban J connectivity index is 2.56. The largest absolute Gasteiger partial charge is 0.387 e. The molecule has 11 nitrogen and oxygen atoms in total. The van der Waals surface area contributed by atoms with E-state index in [4.69, 9.17) is 47.4 Å². The Morgan fingerprint density at radius 1 is 0.568 bits per heavy atom. The van der Waals surface area contributed by atoms with Crippen molar-refractivity contribution in [2.45, 2.75) is 54.8 Å². The molecular weight excluding hydrogens is 572 g/mol. The first-order valence-corrected chi connectivity index (χ1v) is 14.6. The Morgan fingerprint density at radius 2 is 1.05 bits per heavy atom. The lowest BCUT2D eigenvalue weighted by Crippen LogP contribution is -2.64. The fourth-order valence-electron chi connectivity index (χ4n) is 4.86. The Hall–Kier alpha value is -2.26. The minimum atomic E-state index is -1.62. The standard InChI is InChI=1S/C33H50O11/c1-8-15-35-22-25-28(38-18-11-4)27(34)30(40-20-13-6)32(42-25)44-33(24-37-17-10-3)31(41-21-14-7)29(39-19-12-5)26(43-33)23-36-16-9-2/h8-14,25-32,34H,1-7,15-24H2/t25-,26-,27+,28-,29-,30-,31+,32-,33+/m1/s1. The molecule has 0 amide bonds. The van der Waals surface area contributed by atoms with Crippen LogP contribution < -0.4 is 0 Å². The van der Waals surface area contributed by atoms with Gasteiger partial charge in [0.15, 0.2) is 6.29 Å². The van der Waals surface area contributed by atoms with Crippen LogP contribution in [0.15, 0.2) is 88.6 Å². The van der Waals surface area contributed by atoms with Gasteiger partial charge in [0.05, 0.1) is 59.5 Å². The van der Waals surface area contributed by atoms with E-state index in [-0.39, 0.29) is 59.5 Å². The lowest BCUT2D eigenvalue weighted by atomic mass is 9.98. The summed E-state index contributed by atoms with van der Waals surface area (Å²) in [6.45, 7) is 27.6. The quantitative estimate of drug-likeness (QED) is 0.113. The zero-order valence-corrected chi connectivity index (χ0v) is 25.7. The Bertz CT molecular complexity index is 893. The number of rotatable bonds is 26. The van der Waals surface area contributed by atoms with Crippen molar-refractivity contribution in [1.29, 1.82) is 0 Å². The maximum absolute atomic E-state index is 11.6. The van der Waals surface area contributed by atoms with Crippen molar-refractivity contribution in [2.24, 2.45) is 0 Å². The molecule has 2 heterocycles. The van der Waals surface area contributed by atoms with E-state index in [2.05, 4.69) is 46.1 Å². The fourth-order valence-corrected chi connectivity index (χ4v) is 4.86. The lowest BCUT2D eigenvalue weighted by Gasteiger charge is -2.47. The summed E-state index contributed by atoms with van der Waals surface area (Å²) in [4.78, 5) is 0. The maximum Gasteiger partial charge on any atom is 0.224 e. The normalized spacial score (nSPS) is 31.7. The third-order valence-corrected chi connectivity index (χ3v) is 6.57. The van der Waals surface area contributed by atoms with Gasteiger partial charge < -0.3 is 52.5 Å². The van der Waals surface area contributed by atoms with Gasteiger partial charge in [0.1, 0.15) is 49.3 Å². The first kappa shape index (κ1) is 37.9. The molecule has 0 aliphatic carbocycles. The van der Waals surface area contributed by atoms with Gasteiger partial charge in [-0.05, 0) is 0 Å². The number of aliphatic hydroxyl groups is 1. The minimum Gasteiger partial charge on any atom is -0.387 e. The second-order valence-electron chi connectivity index (χ2n) is 9.88. The average Bonchev–Trinajstić information content (AvgIpc) is 3.30. The second kappa shape index (κ2) is 21.5. The van der Waals surface area contributed by atoms with E-state index in [0.29, 0.717) is 6.61 Å². The number of aliphatic hydroxyl groups excluding tert-OH is 1. The molecule has 0 spiro atoms. The fraction of sp³-hybridized carbons (Fsp3) is 0.576. The smallest absolute Gasteiger partial charge is 0.224 e. The Morgan fingerprint density at radius 3 is 1.61 bits per heavy atom. The predicted molar refractivity (Wildman–Crippen MR) is 166 cm³/mol. The van der Waals surface area contributed by atoms with Gasteiger partial charge in [0.25, 0.3) is 0 Å². The molecule has 11 heteroatoms. The SMILES string of the molecule is C=CCOC[C@H]1O[C@@](COCC=C)(O[C@H]2O[C@H](COCC=C)[C@@H](OCC=C)[C@H](O)[C@H]2OCC=C)[C@@H](OCC=C)[C@@H]1OCC=C. The predicted octanol–water partition coefficient (Wildman–Crippen LogP) is 3.08. The number of ether oxygens (including phenoxy) is 10. The number of hydrogen-bond donors (Lipinski definition) is 1. The summed E-state index contributed by atoms with van der Waals surface area (Å²) in [6.07, 6.45) is 3.95. The molecule has 0 aromatic heterocycles. The maximum atomic E-state index is 11.6. The van der Waals surface area contributed by atoms with Gasteiger partial charge in [-0.2, -0.15) is 0 Å². The first-order valence-electron chi connectivity index (χ1n) is 14.6. The van der Waals surface area contributed by atoms with Gasteiger partial charge >= 0.3 is 0 Å². The van der Waals surface area contributed by atoms with Crippen molar-refractivity contribution < 1.29 is 52.5 Å². The van der Waals surface area contributed by atoms with E-state index in [0.717, 1.165) is 0 Å². The van der Waals surface area contributed by atoms with Crippen molar-refractivity contribution in [1.82, 2.24) is 0 Å². The van der Waals surface area contributed by atoms with Gasteiger partial charge in [-0.3, -0.25) is 0 Å². The van der Waals surface area contributed by atoms with E-state index in [1.165, 1.54) is 0 Å². The zero-order chi connectivity index (χ0) is 32.2. The van der Waals surface area contributed by atoms with Crippen LogP contribution in [0.25, 0.3) is 0 Å². The minimum absolute atomic E-state index is 0.0687. The first-order chi connectivity index (χ1) is 21.5. The second-order valence-corrected chi connectivity index (χ2v) is 9.88. The summed E-state index contributed by atoms with van der Waals surface area (Å²) < 4.78 is 61.4. The van der Waals surface area contributed by atoms with Gasteiger partial charge in [-0.25, -0.2) is 0 Å². The van der Waals surface area contributed by atoms with Crippen LogP contribution in [0, 0.1) is 0 Å². The van der Waals surface area contributed by atoms with Crippen LogP contribution in [0.1, 0.15) is 0 Å². The summed E-state index contributed by atoms with van der Waals surface area (Å²) in [7, 11) is 0. The van der Waals surface area contributed by atoms with Gasteiger partial charge in [-0.1, -0.05) is 42.5 Å². The zero-order valence-electron chi connectivity index (χ0n) is 25.7. The van der Waals surface area contributed by atoms with Gasteiger partial charge in [0.2, 0.25) is 5.79 Å². The lowest BCUT2D eigenvalue weighted by molar-refractivity contribution is -0.392. The average molecular weight is 623 g/mol. The molecule has 0 bridgehead atoms. The highest BCUT2D eigenvalue weighted by atomic mass is 16.8. The number of hydrogen-bond acceptors (Lipinski definition) is 11. The summed E-state index contributed by atoms with van der Waals surface area (Å²) in [5, 5.41) is 11.6. The Labute approximate surface area is 262 Å². The molecule has 0 unspecified atom stereocenters. The van der Waals surface area contributed by atoms with E-state index < -0.39 is 54.8 Å². The molecule has 2 aliphatic rings. The molecule has 2 saturated heterocycles. The van der Waals surface area contributed by atoms with Crippen LogP contribution >= 0.6 is 0 Å². The third-order valence-electron chi connectivity index (χ3n) is 6.57. The van der Waals surface area contributed by atoms with E-state index in [1.807, 2.05) is 0 Å². The van der Waals surface area contributed by atoms with Crippen molar-refractivity contribution in [3.05, 3.63) is 88.6 Å². The van der Waals surface area contributed by atoms with Gasteiger partial charge in [0, 0.05) is 0 Å². The summed E-state index contributed by atoms with van der Waals surface area (Å²) >= 11 is 0. The monoisotopic (exact) mass is 622 g/mol. The van der Waals surface area contributed by atoms with Crippen LogP contribution in [-0.4, -0.2) is 126 Å². The summed E-state index contributed by atoms with van der Waals surface area (Å²) in [5.41, 5.74) is 0. The van der Waals surface area contributed by atoms with Crippen molar-refractivity contribution >= 4 is 0 Å². The molecule has 9 atom stereocenters. The highest BCUT2D eigenvalue weighted by Crippen LogP contribution is 2.40. The van der Waals surface area contributed by atoms with E-state index >= 15 is 0 Å². The van der Waals surface area contributed by atoms with Crippen LogP contribution in [0.3, 0.4) is 0 Å². The molecule has 0 aromatic carbocycles. The van der Waals surface area contributed by atoms with Crippen LogP contribution in [0.5, 0.6) is 0 Å². The summed E-state index contributed by atoms with van der Waals surface area (Å²) in [6, 6.07) is 0. The van der Waals surface area contributed by atoms with Crippen molar-refractivity contribution in [3.8, 4) is 0 Å². The third kappa shape index (κ3) is 11.0. The highest BCUT2D eigenvalue weighted by Gasteiger charge is 2.61. The molecule has 44 heavy (non-hydrogen) atoms.